The number of aromatic nitrogens is 1. The molecule has 3 rings (SSSR count). The van der Waals surface area contributed by atoms with Crippen LogP contribution in [0.1, 0.15) is 39.2 Å². The summed E-state index contributed by atoms with van der Waals surface area (Å²) in [6.07, 6.45) is 1.06. The number of benzene rings is 1. The van der Waals surface area contributed by atoms with Gasteiger partial charge in [-0.25, -0.2) is 9.69 Å². The maximum Gasteiger partial charge on any atom is 0.408 e. The summed E-state index contributed by atoms with van der Waals surface area (Å²) in [4.78, 5) is 52.9. The Morgan fingerprint density at radius 1 is 1.18 bits per heavy atom. The number of likely N-dealkylation sites (tertiary alicyclic amines) is 1. The molecule has 2 aromatic rings. The van der Waals surface area contributed by atoms with Crippen LogP contribution in [0.25, 0.3) is 10.9 Å². The number of carbonyl (C=O) groups excluding carboxylic acids is 4. The van der Waals surface area contributed by atoms with Crippen LogP contribution in [-0.4, -0.2) is 45.3 Å². The van der Waals surface area contributed by atoms with Crippen molar-refractivity contribution in [3.8, 4) is 0 Å². The van der Waals surface area contributed by atoms with E-state index >= 15 is 0 Å². The van der Waals surface area contributed by atoms with Crippen molar-refractivity contribution >= 4 is 34.7 Å². The molecule has 8 heteroatoms. The molecule has 28 heavy (non-hydrogen) atoms. The van der Waals surface area contributed by atoms with Crippen LogP contribution in [-0.2, 0) is 25.5 Å². The number of hydrogen-bond donors (Lipinski definition) is 2. The number of amides is 4. The number of alkyl carbamates (subject to hydrolysis) is 1. The zero-order valence-corrected chi connectivity index (χ0v) is 16.1. The van der Waals surface area contributed by atoms with Gasteiger partial charge in [0.1, 0.15) is 11.6 Å². The molecule has 148 valence electrons. The van der Waals surface area contributed by atoms with E-state index in [1.165, 1.54) is 0 Å². The molecular formula is C20H23N3O5. The highest BCUT2D eigenvalue weighted by Gasteiger charge is 2.39. The van der Waals surface area contributed by atoms with Crippen molar-refractivity contribution in [2.45, 2.75) is 51.7 Å². The van der Waals surface area contributed by atoms with Crippen molar-refractivity contribution in [3.05, 3.63) is 36.0 Å². The van der Waals surface area contributed by atoms with Gasteiger partial charge >= 0.3 is 6.09 Å². The van der Waals surface area contributed by atoms with Gasteiger partial charge in [-0.1, -0.05) is 18.2 Å². The van der Waals surface area contributed by atoms with E-state index in [-0.39, 0.29) is 19.3 Å². The average Bonchev–Trinajstić information content (AvgIpc) is 3.15. The average molecular weight is 385 g/mol. The van der Waals surface area contributed by atoms with Crippen molar-refractivity contribution in [2.75, 3.05) is 0 Å². The number of para-hydroxylation sites is 1. The molecule has 0 spiro atoms. The summed E-state index contributed by atoms with van der Waals surface area (Å²) in [5.74, 6) is -1.85. The van der Waals surface area contributed by atoms with Crippen LogP contribution in [0.5, 0.6) is 0 Å². The molecule has 0 saturated carbocycles. The summed E-state index contributed by atoms with van der Waals surface area (Å²) in [5.41, 5.74) is 0.913. The van der Waals surface area contributed by atoms with Crippen molar-refractivity contribution in [1.82, 2.24) is 15.2 Å². The molecule has 1 aliphatic heterocycles. The fraction of sp³-hybridized carbons (Fsp3) is 0.400. The Labute approximate surface area is 162 Å². The van der Waals surface area contributed by atoms with Crippen molar-refractivity contribution < 1.29 is 23.9 Å². The van der Waals surface area contributed by atoms with E-state index in [9.17, 15) is 19.2 Å². The number of ether oxygens (including phenoxy) is 1. The lowest BCUT2D eigenvalue weighted by Gasteiger charge is -2.25. The molecule has 4 amide bonds. The van der Waals surface area contributed by atoms with Crippen molar-refractivity contribution in [1.29, 1.82) is 0 Å². The van der Waals surface area contributed by atoms with E-state index < -0.39 is 35.5 Å². The van der Waals surface area contributed by atoms with Gasteiger partial charge in [-0.15, -0.1) is 0 Å². The third-order valence-corrected chi connectivity index (χ3v) is 4.36. The second kappa shape index (κ2) is 7.46. The molecule has 1 atom stereocenters. The first-order valence-corrected chi connectivity index (χ1v) is 9.10. The van der Waals surface area contributed by atoms with Gasteiger partial charge in [0.15, 0.2) is 0 Å². The minimum Gasteiger partial charge on any atom is -0.444 e. The number of imide groups is 3. The summed E-state index contributed by atoms with van der Waals surface area (Å²) in [6.45, 7) is 5.11. The second-order valence-corrected chi connectivity index (χ2v) is 7.72. The first-order valence-electron chi connectivity index (χ1n) is 9.10. The third-order valence-electron chi connectivity index (χ3n) is 4.36. The smallest absolute Gasteiger partial charge is 0.408 e. The maximum absolute atomic E-state index is 12.9. The van der Waals surface area contributed by atoms with E-state index in [4.69, 9.17) is 4.74 Å². The Balaban J connectivity index is 1.87. The first kappa shape index (κ1) is 19.6. The number of H-pyrrole nitrogens is 1. The molecule has 0 aliphatic carbocycles. The largest absolute Gasteiger partial charge is 0.444 e. The molecule has 0 unspecified atom stereocenters. The predicted molar refractivity (Wildman–Crippen MR) is 101 cm³/mol. The summed E-state index contributed by atoms with van der Waals surface area (Å²) in [5, 5.41) is 3.42. The lowest BCUT2D eigenvalue weighted by molar-refractivity contribution is -0.150. The highest BCUT2D eigenvalue weighted by Crippen LogP contribution is 2.21. The number of fused-ring (bicyclic) bond motifs is 1. The fourth-order valence-corrected chi connectivity index (χ4v) is 3.15. The summed E-state index contributed by atoms with van der Waals surface area (Å²) in [7, 11) is 0. The van der Waals surface area contributed by atoms with Crippen LogP contribution in [0.2, 0.25) is 0 Å². The zero-order chi connectivity index (χ0) is 20.5. The summed E-state index contributed by atoms with van der Waals surface area (Å²) >= 11 is 0. The van der Waals surface area contributed by atoms with Gasteiger partial charge < -0.3 is 15.0 Å². The molecule has 1 fully saturated rings. The normalized spacial score (nSPS) is 15.8. The lowest BCUT2D eigenvalue weighted by Crippen LogP contribution is -2.52. The standard InChI is InChI=1S/C20H23N3O5/c1-20(2,3)28-19(27)22-15(18(26)23-16(24)8-9-17(23)25)10-12-11-21-14-7-5-4-6-13(12)14/h4-7,11,15,21H,8-10H2,1-3H3,(H,22,27)/t15-/m0/s1. The van der Waals surface area contributed by atoms with Gasteiger partial charge in [0, 0.05) is 36.4 Å². The van der Waals surface area contributed by atoms with E-state index in [0.29, 0.717) is 4.90 Å². The molecule has 1 aromatic carbocycles. The van der Waals surface area contributed by atoms with E-state index in [1.54, 1.807) is 27.0 Å². The van der Waals surface area contributed by atoms with Crippen LogP contribution < -0.4 is 5.32 Å². The molecular weight excluding hydrogens is 362 g/mol. The van der Waals surface area contributed by atoms with Gasteiger partial charge in [0.2, 0.25) is 11.8 Å². The summed E-state index contributed by atoms with van der Waals surface area (Å²) in [6, 6.07) is 6.42. The van der Waals surface area contributed by atoms with Crippen LogP contribution >= 0.6 is 0 Å². The van der Waals surface area contributed by atoms with Gasteiger partial charge in [-0.05, 0) is 32.4 Å². The number of carbonyl (C=O) groups is 4. The molecule has 8 nitrogen and oxygen atoms in total. The highest BCUT2D eigenvalue weighted by molar-refractivity contribution is 6.16. The van der Waals surface area contributed by atoms with E-state index in [2.05, 4.69) is 10.3 Å². The summed E-state index contributed by atoms with van der Waals surface area (Å²) < 4.78 is 5.24. The van der Waals surface area contributed by atoms with E-state index in [1.807, 2.05) is 24.3 Å². The quantitative estimate of drug-likeness (QED) is 0.785. The Bertz CT molecular complexity index is 925. The maximum atomic E-state index is 12.9. The SMILES string of the molecule is CC(C)(C)OC(=O)N[C@@H](Cc1c[nH]c2ccccc12)C(=O)N1C(=O)CCC1=O. The Kier molecular flexibility index (Phi) is 5.22. The van der Waals surface area contributed by atoms with Crippen LogP contribution in [0, 0.1) is 0 Å². The van der Waals surface area contributed by atoms with Gasteiger partial charge in [-0.3, -0.25) is 14.4 Å². The molecule has 2 heterocycles. The number of rotatable bonds is 4. The number of aromatic amines is 1. The molecule has 1 aromatic heterocycles. The van der Waals surface area contributed by atoms with Crippen LogP contribution in [0.3, 0.4) is 0 Å². The monoisotopic (exact) mass is 385 g/mol. The first-order chi connectivity index (χ1) is 13.2. The highest BCUT2D eigenvalue weighted by atomic mass is 16.6. The zero-order valence-electron chi connectivity index (χ0n) is 16.1. The number of hydrogen-bond acceptors (Lipinski definition) is 5. The molecule has 2 N–H and O–H groups in total. The third kappa shape index (κ3) is 4.21. The van der Waals surface area contributed by atoms with Crippen molar-refractivity contribution in [3.63, 3.8) is 0 Å². The van der Waals surface area contributed by atoms with Gasteiger partial charge in [-0.2, -0.15) is 0 Å². The van der Waals surface area contributed by atoms with Gasteiger partial charge in [0.05, 0.1) is 0 Å². The molecule has 0 radical (unpaired) electrons. The Morgan fingerprint density at radius 3 is 2.46 bits per heavy atom. The second-order valence-electron chi connectivity index (χ2n) is 7.72. The Morgan fingerprint density at radius 2 is 1.82 bits per heavy atom. The number of nitrogens with zero attached hydrogens (tertiary/aromatic N) is 1. The van der Waals surface area contributed by atoms with Gasteiger partial charge in [0.25, 0.3) is 5.91 Å². The number of nitrogens with one attached hydrogen (secondary N) is 2. The van der Waals surface area contributed by atoms with E-state index in [0.717, 1.165) is 16.5 Å². The predicted octanol–water partition coefficient (Wildman–Crippen LogP) is 2.28. The Hall–Kier alpha value is -3.16. The molecule has 0 bridgehead atoms. The van der Waals surface area contributed by atoms with Crippen molar-refractivity contribution in [2.24, 2.45) is 0 Å². The molecule has 1 aliphatic rings. The minimum atomic E-state index is -1.11. The topological polar surface area (TPSA) is 109 Å². The lowest BCUT2D eigenvalue weighted by atomic mass is 10.0. The fourth-order valence-electron chi connectivity index (χ4n) is 3.15. The van der Waals surface area contributed by atoms with Crippen LogP contribution in [0.4, 0.5) is 4.79 Å². The molecule has 1 saturated heterocycles. The van der Waals surface area contributed by atoms with Crippen LogP contribution in [0.15, 0.2) is 30.5 Å². The minimum absolute atomic E-state index is 0.00316.